The summed E-state index contributed by atoms with van der Waals surface area (Å²) in [6.07, 6.45) is 1.74. The highest BCUT2D eigenvalue weighted by atomic mass is 79.9. The van der Waals surface area contributed by atoms with Crippen LogP contribution in [0, 0.1) is 0 Å². The summed E-state index contributed by atoms with van der Waals surface area (Å²) in [6, 6.07) is 3.57. The number of hydrogen-bond donors (Lipinski definition) is 2. The Morgan fingerprint density at radius 2 is 2.31 bits per heavy atom. The first-order valence-electron chi connectivity index (χ1n) is 4.66. The van der Waals surface area contributed by atoms with E-state index in [0.29, 0.717) is 22.9 Å². The Kier molecular flexibility index (Phi) is 3.04. The number of rotatable bonds is 3. The highest BCUT2D eigenvalue weighted by Crippen LogP contribution is 2.12. The maximum Gasteiger partial charge on any atom is 0.226 e. The number of nitrogens with zero attached hydrogens (tertiary/aromatic N) is 4. The van der Waals surface area contributed by atoms with Crippen molar-refractivity contribution in [2.45, 2.75) is 6.54 Å². The molecular formula is C9H11BrN6. The Hall–Kier alpha value is -1.63. The van der Waals surface area contributed by atoms with E-state index < -0.39 is 0 Å². The van der Waals surface area contributed by atoms with Crippen molar-refractivity contribution >= 4 is 27.7 Å². The van der Waals surface area contributed by atoms with Crippen LogP contribution in [0.2, 0.25) is 0 Å². The molecule has 16 heavy (non-hydrogen) atoms. The predicted molar refractivity (Wildman–Crippen MR) is 64.7 cm³/mol. The average Bonchev–Trinajstić information content (AvgIpc) is 2.59. The summed E-state index contributed by atoms with van der Waals surface area (Å²) >= 11 is 3.26. The fourth-order valence-corrected chi connectivity index (χ4v) is 1.66. The second-order valence-electron chi connectivity index (χ2n) is 3.24. The van der Waals surface area contributed by atoms with Crippen LogP contribution in [0.25, 0.3) is 0 Å². The van der Waals surface area contributed by atoms with Crippen molar-refractivity contribution in [3.05, 3.63) is 28.6 Å². The van der Waals surface area contributed by atoms with Gasteiger partial charge >= 0.3 is 0 Å². The summed E-state index contributed by atoms with van der Waals surface area (Å²) in [5, 5.41) is 7.14. The van der Waals surface area contributed by atoms with Crippen LogP contribution in [0.15, 0.2) is 22.9 Å². The summed E-state index contributed by atoms with van der Waals surface area (Å²) in [6.45, 7) is 0.604. The maximum atomic E-state index is 5.60. The first-order valence-corrected chi connectivity index (χ1v) is 5.45. The molecule has 0 radical (unpaired) electrons. The lowest BCUT2D eigenvalue weighted by Crippen LogP contribution is -2.08. The van der Waals surface area contributed by atoms with E-state index in [1.165, 1.54) is 0 Å². The molecule has 2 aromatic heterocycles. The number of nitrogens with two attached hydrogens (primary N) is 1. The Morgan fingerprint density at radius 1 is 1.50 bits per heavy atom. The number of nitrogen functional groups attached to an aromatic ring is 1. The standard InChI is InChI=1S/C9H11BrN6/c1-16-6(2-3-13-16)5-12-9-14-7(10)4-8(11)15-9/h2-4H,5H2,1H3,(H3,11,12,14,15). The molecule has 84 valence electrons. The largest absolute Gasteiger partial charge is 0.383 e. The molecule has 0 bridgehead atoms. The lowest BCUT2D eigenvalue weighted by atomic mass is 10.4. The Balaban J connectivity index is 2.07. The fraction of sp³-hybridized carbons (Fsp3) is 0.222. The predicted octanol–water partition coefficient (Wildman–Crippen LogP) is 1.17. The zero-order valence-electron chi connectivity index (χ0n) is 8.68. The minimum absolute atomic E-state index is 0.425. The molecule has 0 saturated carbocycles. The molecule has 2 aromatic rings. The summed E-state index contributed by atoms with van der Waals surface area (Å²) in [5.74, 6) is 0.919. The van der Waals surface area contributed by atoms with Crippen molar-refractivity contribution in [3.63, 3.8) is 0 Å². The van der Waals surface area contributed by atoms with Crippen LogP contribution in [-0.2, 0) is 13.6 Å². The summed E-state index contributed by atoms with van der Waals surface area (Å²) in [5.41, 5.74) is 6.64. The van der Waals surface area contributed by atoms with Gasteiger partial charge in [-0.1, -0.05) is 0 Å². The van der Waals surface area contributed by atoms with E-state index in [0.717, 1.165) is 5.69 Å². The number of aromatic nitrogens is 4. The van der Waals surface area contributed by atoms with E-state index in [1.54, 1.807) is 16.9 Å². The molecule has 3 N–H and O–H groups in total. The monoisotopic (exact) mass is 282 g/mol. The number of nitrogens with one attached hydrogen (secondary N) is 1. The molecular weight excluding hydrogens is 272 g/mol. The lowest BCUT2D eigenvalue weighted by molar-refractivity contribution is 0.719. The van der Waals surface area contributed by atoms with Gasteiger partial charge in [-0.2, -0.15) is 10.1 Å². The molecule has 2 heterocycles. The van der Waals surface area contributed by atoms with Crippen molar-refractivity contribution in [2.24, 2.45) is 7.05 Å². The van der Waals surface area contributed by atoms with Crippen LogP contribution in [0.1, 0.15) is 5.69 Å². The molecule has 0 aliphatic rings. The molecule has 0 aliphatic carbocycles. The Labute approximate surface area is 101 Å². The molecule has 0 amide bonds. The third-order valence-electron chi connectivity index (χ3n) is 2.06. The second kappa shape index (κ2) is 4.48. The SMILES string of the molecule is Cn1nccc1CNc1nc(N)cc(Br)n1. The molecule has 0 aliphatic heterocycles. The quantitative estimate of drug-likeness (QED) is 0.826. The van der Waals surface area contributed by atoms with Gasteiger partial charge in [0.05, 0.1) is 12.2 Å². The van der Waals surface area contributed by atoms with Crippen LogP contribution in [-0.4, -0.2) is 19.7 Å². The first-order chi connectivity index (χ1) is 7.65. The summed E-state index contributed by atoms with van der Waals surface area (Å²) in [7, 11) is 1.88. The topological polar surface area (TPSA) is 81.7 Å². The van der Waals surface area contributed by atoms with Crippen molar-refractivity contribution in [1.29, 1.82) is 0 Å². The van der Waals surface area contributed by atoms with Crippen LogP contribution in [0.3, 0.4) is 0 Å². The van der Waals surface area contributed by atoms with E-state index in [9.17, 15) is 0 Å². The van der Waals surface area contributed by atoms with Gasteiger partial charge in [-0.25, -0.2) is 4.98 Å². The minimum atomic E-state index is 0.425. The molecule has 0 spiro atoms. The van der Waals surface area contributed by atoms with E-state index in [1.807, 2.05) is 13.1 Å². The molecule has 2 rings (SSSR count). The normalized spacial score (nSPS) is 10.4. The van der Waals surface area contributed by atoms with Gasteiger partial charge in [0.1, 0.15) is 10.4 Å². The zero-order chi connectivity index (χ0) is 11.5. The number of hydrogen-bond acceptors (Lipinski definition) is 5. The van der Waals surface area contributed by atoms with Gasteiger partial charge in [0.2, 0.25) is 5.95 Å². The third kappa shape index (κ3) is 2.48. The molecule has 6 nitrogen and oxygen atoms in total. The van der Waals surface area contributed by atoms with Gasteiger partial charge < -0.3 is 11.1 Å². The fourth-order valence-electron chi connectivity index (χ4n) is 1.26. The van der Waals surface area contributed by atoms with Crippen molar-refractivity contribution < 1.29 is 0 Å². The molecule has 7 heteroatoms. The van der Waals surface area contributed by atoms with E-state index in [2.05, 4.69) is 36.3 Å². The van der Waals surface area contributed by atoms with E-state index in [4.69, 9.17) is 5.73 Å². The Morgan fingerprint density at radius 3 is 2.94 bits per heavy atom. The van der Waals surface area contributed by atoms with E-state index in [-0.39, 0.29) is 0 Å². The van der Waals surface area contributed by atoms with Gasteiger partial charge in [0, 0.05) is 19.3 Å². The molecule has 0 fully saturated rings. The zero-order valence-corrected chi connectivity index (χ0v) is 10.3. The molecule has 0 aromatic carbocycles. The van der Waals surface area contributed by atoms with Gasteiger partial charge in [-0.3, -0.25) is 4.68 Å². The first kappa shape index (κ1) is 10.9. The van der Waals surface area contributed by atoms with Gasteiger partial charge in [-0.05, 0) is 22.0 Å². The highest BCUT2D eigenvalue weighted by Gasteiger charge is 2.02. The summed E-state index contributed by atoms with van der Waals surface area (Å²) < 4.78 is 2.45. The van der Waals surface area contributed by atoms with Gasteiger partial charge in [0.25, 0.3) is 0 Å². The minimum Gasteiger partial charge on any atom is -0.383 e. The highest BCUT2D eigenvalue weighted by molar-refractivity contribution is 9.10. The molecule has 0 atom stereocenters. The lowest BCUT2D eigenvalue weighted by Gasteiger charge is -2.05. The number of anilines is 2. The second-order valence-corrected chi connectivity index (χ2v) is 4.05. The smallest absolute Gasteiger partial charge is 0.226 e. The van der Waals surface area contributed by atoms with Gasteiger partial charge in [0.15, 0.2) is 0 Å². The van der Waals surface area contributed by atoms with Crippen LogP contribution in [0.4, 0.5) is 11.8 Å². The van der Waals surface area contributed by atoms with Crippen LogP contribution in [0.5, 0.6) is 0 Å². The average molecular weight is 283 g/mol. The van der Waals surface area contributed by atoms with Gasteiger partial charge in [-0.15, -0.1) is 0 Å². The molecule has 0 unspecified atom stereocenters. The van der Waals surface area contributed by atoms with Crippen molar-refractivity contribution in [2.75, 3.05) is 11.1 Å². The number of halogens is 1. The third-order valence-corrected chi connectivity index (χ3v) is 2.47. The van der Waals surface area contributed by atoms with E-state index >= 15 is 0 Å². The maximum absolute atomic E-state index is 5.60. The Bertz CT molecular complexity index is 474. The summed E-state index contributed by atoms with van der Waals surface area (Å²) in [4.78, 5) is 8.21. The van der Waals surface area contributed by atoms with Crippen molar-refractivity contribution in [1.82, 2.24) is 19.7 Å². The van der Waals surface area contributed by atoms with Crippen LogP contribution >= 0.6 is 15.9 Å². The van der Waals surface area contributed by atoms with Crippen LogP contribution < -0.4 is 11.1 Å². The number of aryl methyl sites for hydroxylation is 1. The molecule has 0 saturated heterocycles. The van der Waals surface area contributed by atoms with Crippen molar-refractivity contribution in [3.8, 4) is 0 Å².